The van der Waals surface area contributed by atoms with Gasteiger partial charge in [0.1, 0.15) is 5.75 Å². The van der Waals surface area contributed by atoms with Crippen LogP contribution in [0.25, 0.3) is 0 Å². The van der Waals surface area contributed by atoms with Gasteiger partial charge in [-0.1, -0.05) is 35.3 Å². The minimum absolute atomic E-state index is 0.318. The fraction of sp³-hybridized carbons (Fsp3) is 0.250. The summed E-state index contributed by atoms with van der Waals surface area (Å²) < 4.78 is 5.43. The van der Waals surface area contributed by atoms with Crippen molar-refractivity contribution in [3.63, 3.8) is 0 Å². The van der Waals surface area contributed by atoms with Gasteiger partial charge in [-0.05, 0) is 42.5 Å². The topological polar surface area (TPSA) is 35.2 Å². The lowest BCUT2D eigenvalue weighted by Gasteiger charge is -2.17. The van der Waals surface area contributed by atoms with E-state index in [2.05, 4.69) is 0 Å². The first-order valence-electron chi connectivity index (χ1n) is 6.58. The SMILES string of the molecule is CCOc1cc(Cl)c(C(N)c2ccc(SC)cc2)cc1Cl. The van der Waals surface area contributed by atoms with Crippen molar-refractivity contribution in [2.24, 2.45) is 5.73 Å². The highest BCUT2D eigenvalue weighted by Gasteiger charge is 2.16. The van der Waals surface area contributed by atoms with Crippen molar-refractivity contribution in [2.45, 2.75) is 17.9 Å². The maximum Gasteiger partial charge on any atom is 0.139 e. The van der Waals surface area contributed by atoms with E-state index in [9.17, 15) is 0 Å². The van der Waals surface area contributed by atoms with E-state index in [0.717, 1.165) is 11.1 Å². The van der Waals surface area contributed by atoms with Gasteiger partial charge < -0.3 is 10.5 Å². The Kier molecular flexibility index (Phi) is 5.82. The fourth-order valence-electron chi connectivity index (χ4n) is 2.04. The molecular weight excluding hydrogens is 325 g/mol. The Labute approximate surface area is 139 Å². The molecule has 1 unspecified atom stereocenters. The number of rotatable bonds is 5. The molecule has 2 rings (SSSR count). The summed E-state index contributed by atoms with van der Waals surface area (Å²) in [6.45, 7) is 2.44. The Hall–Kier alpha value is -0.870. The van der Waals surface area contributed by atoms with Crippen molar-refractivity contribution in [1.82, 2.24) is 0 Å². The lowest BCUT2D eigenvalue weighted by Crippen LogP contribution is -2.12. The molecule has 2 aromatic carbocycles. The number of hydrogen-bond donors (Lipinski definition) is 1. The zero-order valence-electron chi connectivity index (χ0n) is 11.9. The van der Waals surface area contributed by atoms with Crippen LogP contribution in [0.5, 0.6) is 5.75 Å². The molecule has 0 heterocycles. The van der Waals surface area contributed by atoms with Crippen LogP contribution in [-0.2, 0) is 0 Å². The normalized spacial score (nSPS) is 12.2. The summed E-state index contributed by atoms with van der Waals surface area (Å²) in [4.78, 5) is 1.20. The Balaban J connectivity index is 2.33. The average molecular weight is 342 g/mol. The molecule has 0 aromatic heterocycles. The molecular formula is C16H17Cl2NOS. The second-order valence-corrected chi connectivity index (χ2v) is 6.18. The third kappa shape index (κ3) is 3.86. The number of ether oxygens (including phenoxy) is 1. The summed E-state index contributed by atoms with van der Waals surface area (Å²) in [5.74, 6) is 0.581. The monoisotopic (exact) mass is 341 g/mol. The molecule has 0 bridgehead atoms. The largest absolute Gasteiger partial charge is 0.492 e. The Morgan fingerprint density at radius 1 is 1.14 bits per heavy atom. The predicted molar refractivity (Wildman–Crippen MR) is 91.9 cm³/mol. The van der Waals surface area contributed by atoms with E-state index in [1.54, 1.807) is 23.9 Å². The van der Waals surface area contributed by atoms with Gasteiger partial charge in [-0.3, -0.25) is 0 Å². The van der Waals surface area contributed by atoms with Gasteiger partial charge in [-0.15, -0.1) is 11.8 Å². The Morgan fingerprint density at radius 3 is 2.38 bits per heavy atom. The molecule has 2 nitrogen and oxygen atoms in total. The second kappa shape index (κ2) is 7.41. The zero-order chi connectivity index (χ0) is 15.4. The molecule has 2 aromatic rings. The maximum absolute atomic E-state index is 6.32. The number of hydrogen-bond acceptors (Lipinski definition) is 3. The minimum Gasteiger partial charge on any atom is -0.492 e. The van der Waals surface area contributed by atoms with E-state index in [0.29, 0.717) is 22.4 Å². The van der Waals surface area contributed by atoms with Crippen LogP contribution in [0, 0.1) is 0 Å². The van der Waals surface area contributed by atoms with Gasteiger partial charge in [0.2, 0.25) is 0 Å². The fourth-order valence-corrected chi connectivity index (χ4v) is 2.95. The van der Waals surface area contributed by atoms with E-state index in [1.807, 2.05) is 37.4 Å². The van der Waals surface area contributed by atoms with Crippen LogP contribution >= 0.6 is 35.0 Å². The summed E-state index contributed by atoms with van der Waals surface area (Å²) >= 11 is 14.2. The zero-order valence-corrected chi connectivity index (χ0v) is 14.2. The predicted octanol–water partition coefficient (Wildman–Crippen LogP) is 5.16. The first-order valence-corrected chi connectivity index (χ1v) is 8.56. The molecule has 0 aliphatic rings. The van der Waals surface area contributed by atoms with Crippen LogP contribution in [-0.4, -0.2) is 12.9 Å². The molecule has 5 heteroatoms. The van der Waals surface area contributed by atoms with Gasteiger partial charge in [0.25, 0.3) is 0 Å². The smallest absolute Gasteiger partial charge is 0.139 e. The molecule has 0 aliphatic heterocycles. The highest BCUT2D eigenvalue weighted by molar-refractivity contribution is 7.98. The highest BCUT2D eigenvalue weighted by Crippen LogP contribution is 2.35. The van der Waals surface area contributed by atoms with Crippen molar-refractivity contribution in [3.05, 3.63) is 57.6 Å². The van der Waals surface area contributed by atoms with E-state index in [-0.39, 0.29) is 6.04 Å². The molecule has 0 saturated carbocycles. The van der Waals surface area contributed by atoms with Crippen LogP contribution in [0.2, 0.25) is 10.0 Å². The van der Waals surface area contributed by atoms with Crippen molar-refractivity contribution < 1.29 is 4.74 Å². The third-order valence-electron chi connectivity index (χ3n) is 3.16. The molecule has 21 heavy (non-hydrogen) atoms. The molecule has 2 N–H and O–H groups in total. The van der Waals surface area contributed by atoms with Crippen molar-refractivity contribution >= 4 is 35.0 Å². The summed E-state index contributed by atoms with van der Waals surface area (Å²) in [5.41, 5.74) is 8.10. The van der Waals surface area contributed by atoms with Gasteiger partial charge in [-0.2, -0.15) is 0 Å². The van der Waals surface area contributed by atoms with Crippen molar-refractivity contribution in [2.75, 3.05) is 12.9 Å². The van der Waals surface area contributed by atoms with Crippen LogP contribution in [0.4, 0.5) is 0 Å². The highest BCUT2D eigenvalue weighted by atomic mass is 35.5. The van der Waals surface area contributed by atoms with Gasteiger partial charge in [-0.25, -0.2) is 0 Å². The summed E-state index contributed by atoms with van der Waals surface area (Å²) in [7, 11) is 0. The molecule has 112 valence electrons. The summed E-state index contributed by atoms with van der Waals surface area (Å²) in [6.07, 6.45) is 2.04. The standard InChI is InChI=1S/C16H17Cl2NOS/c1-3-20-15-9-13(17)12(8-14(15)18)16(19)10-4-6-11(21-2)7-5-10/h4-9,16H,3,19H2,1-2H3. The first kappa shape index (κ1) is 16.5. The number of thioether (sulfide) groups is 1. The van der Waals surface area contributed by atoms with Crippen LogP contribution in [0.1, 0.15) is 24.1 Å². The van der Waals surface area contributed by atoms with Gasteiger partial charge in [0.05, 0.1) is 17.7 Å². The summed E-state index contributed by atoms with van der Waals surface area (Å²) in [5, 5.41) is 1.08. The van der Waals surface area contributed by atoms with Crippen LogP contribution in [0.15, 0.2) is 41.3 Å². The average Bonchev–Trinajstić information content (AvgIpc) is 2.50. The Morgan fingerprint density at radius 2 is 1.81 bits per heavy atom. The minimum atomic E-state index is -0.318. The van der Waals surface area contributed by atoms with E-state index < -0.39 is 0 Å². The van der Waals surface area contributed by atoms with Crippen LogP contribution in [0.3, 0.4) is 0 Å². The number of benzene rings is 2. The van der Waals surface area contributed by atoms with Gasteiger partial charge in [0, 0.05) is 16.0 Å². The van der Waals surface area contributed by atoms with Crippen molar-refractivity contribution in [3.8, 4) is 5.75 Å². The molecule has 0 spiro atoms. The third-order valence-corrected chi connectivity index (χ3v) is 4.53. The lowest BCUT2D eigenvalue weighted by molar-refractivity contribution is 0.340. The first-order chi connectivity index (χ1) is 10.1. The molecule has 0 fully saturated rings. The van der Waals surface area contributed by atoms with E-state index in [4.69, 9.17) is 33.7 Å². The van der Waals surface area contributed by atoms with Crippen molar-refractivity contribution in [1.29, 1.82) is 0 Å². The lowest BCUT2D eigenvalue weighted by atomic mass is 9.99. The van der Waals surface area contributed by atoms with Gasteiger partial charge in [0.15, 0.2) is 0 Å². The second-order valence-electron chi connectivity index (χ2n) is 4.49. The summed E-state index contributed by atoms with van der Waals surface area (Å²) in [6, 6.07) is 11.3. The molecule has 0 saturated heterocycles. The van der Waals surface area contributed by atoms with E-state index >= 15 is 0 Å². The Bertz CT molecular complexity index is 616. The number of nitrogens with two attached hydrogens (primary N) is 1. The van der Waals surface area contributed by atoms with E-state index in [1.165, 1.54) is 4.90 Å². The van der Waals surface area contributed by atoms with Crippen LogP contribution < -0.4 is 10.5 Å². The molecule has 0 radical (unpaired) electrons. The molecule has 0 aliphatic carbocycles. The molecule has 1 atom stereocenters. The maximum atomic E-state index is 6.32. The number of halogens is 2. The van der Waals surface area contributed by atoms with Gasteiger partial charge >= 0.3 is 0 Å². The quantitative estimate of drug-likeness (QED) is 0.762. The molecule has 0 amide bonds.